The van der Waals surface area contributed by atoms with Crippen molar-refractivity contribution in [2.45, 2.75) is 36.9 Å². The van der Waals surface area contributed by atoms with Gasteiger partial charge in [-0.15, -0.1) is 5.10 Å². The maximum Gasteiger partial charge on any atom is 0.344 e. The van der Waals surface area contributed by atoms with Crippen molar-refractivity contribution >= 4 is 11.8 Å². The van der Waals surface area contributed by atoms with Gasteiger partial charge in [-0.25, -0.2) is 9.89 Å². The van der Waals surface area contributed by atoms with Crippen LogP contribution in [0.5, 0.6) is 0 Å². The Balaban J connectivity index is 2.49. The molecule has 0 saturated heterocycles. The highest BCUT2D eigenvalue weighted by Crippen LogP contribution is 2.31. The zero-order valence-electron chi connectivity index (χ0n) is 11.0. The van der Waals surface area contributed by atoms with Gasteiger partial charge in [0, 0.05) is 10.9 Å². The molecule has 0 atom stereocenters. The Kier molecular flexibility index (Phi) is 3.76. The molecule has 0 fully saturated rings. The number of H-pyrrole nitrogens is 1. The first-order valence-corrected chi connectivity index (χ1v) is 6.70. The van der Waals surface area contributed by atoms with E-state index in [4.69, 9.17) is 5.26 Å². The maximum absolute atomic E-state index is 11.7. The van der Waals surface area contributed by atoms with Crippen LogP contribution in [0.15, 0.2) is 33.0 Å². The predicted octanol–water partition coefficient (Wildman–Crippen LogP) is 2.48. The highest BCUT2D eigenvalue weighted by atomic mass is 32.2. The molecule has 19 heavy (non-hydrogen) atoms. The molecule has 2 aromatic rings. The van der Waals surface area contributed by atoms with Gasteiger partial charge in [0.05, 0.1) is 5.56 Å². The van der Waals surface area contributed by atoms with Crippen molar-refractivity contribution in [1.29, 1.82) is 5.26 Å². The standard InChI is InChI=1S/C13H14N4OS/c1-8(2)17-12(18)15-16-13(17)19-11-9(3)5-4-6-10(11)7-14/h4-6,8H,1-3H3,(H,15,18). The number of nitrogens with one attached hydrogen (secondary N) is 1. The average molecular weight is 274 g/mol. The van der Waals surface area contributed by atoms with Crippen LogP contribution in [0.3, 0.4) is 0 Å². The van der Waals surface area contributed by atoms with Crippen molar-refractivity contribution in [3.63, 3.8) is 0 Å². The molecule has 0 saturated carbocycles. The molecule has 0 bridgehead atoms. The zero-order valence-corrected chi connectivity index (χ0v) is 11.8. The van der Waals surface area contributed by atoms with Gasteiger partial charge in [0.2, 0.25) is 0 Å². The molecule has 1 aromatic heterocycles. The summed E-state index contributed by atoms with van der Waals surface area (Å²) in [5.74, 6) is 0. The van der Waals surface area contributed by atoms with E-state index in [2.05, 4.69) is 16.3 Å². The summed E-state index contributed by atoms with van der Waals surface area (Å²) < 4.78 is 1.58. The van der Waals surface area contributed by atoms with Gasteiger partial charge < -0.3 is 0 Å². The van der Waals surface area contributed by atoms with Gasteiger partial charge in [-0.05, 0) is 44.2 Å². The summed E-state index contributed by atoms with van der Waals surface area (Å²) in [6, 6.07) is 7.73. The van der Waals surface area contributed by atoms with Gasteiger partial charge in [-0.1, -0.05) is 12.1 Å². The fourth-order valence-electron chi connectivity index (χ4n) is 1.78. The van der Waals surface area contributed by atoms with Gasteiger partial charge in [-0.3, -0.25) is 4.57 Å². The first kappa shape index (κ1) is 13.4. The Morgan fingerprint density at radius 2 is 2.21 bits per heavy atom. The van der Waals surface area contributed by atoms with Crippen LogP contribution >= 0.6 is 11.8 Å². The van der Waals surface area contributed by atoms with Gasteiger partial charge >= 0.3 is 5.69 Å². The third kappa shape index (κ3) is 2.56. The molecule has 6 heteroatoms. The number of aromatic nitrogens is 3. The second kappa shape index (κ2) is 5.33. The van der Waals surface area contributed by atoms with E-state index in [0.29, 0.717) is 10.7 Å². The van der Waals surface area contributed by atoms with E-state index in [1.807, 2.05) is 32.9 Å². The number of aromatic amines is 1. The molecule has 1 aromatic carbocycles. The van der Waals surface area contributed by atoms with Crippen LogP contribution in [-0.2, 0) is 0 Å². The molecule has 0 amide bonds. The van der Waals surface area contributed by atoms with Crippen LogP contribution in [0.1, 0.15) is 31.0 Å². The SMILES string of the molecule is Cc1cccc(C#N)c1Sc1n[nH]c(=O)n1C(C)C. The summed E-state index contributed by atoms with van der Waals surface area (Å²) in [6.45, 7) is 5.78. The molecule has 0 spiro atoms. The van der Waals surface area contributed by atoms with Crippen LogP contribution in [0.4, 0.5) is 0 Å². The van der Waals surface area contributed by atoms with Crippen LogP contribution in [-0.4, -0.2) is 14.8 Å². The van der Waals surface area contributed by atoms with Crippen molar-refractivity contribution in [1.82, 2.24) is 14.8 Å². The van der Waals surface area contributed by atoms with Gasteiger partial charge in [-0.2, -0.15) is 5.26 Å². The van der Waals surface area contributed by atoms with Gasteiger partial charge in [0.25, 0.3) is 0 Å². The lowest BCUT2D eigenvalue weighted by Crippen LogP contribution is -2.19. The largest absolute Gasteiger partial charge is 0.344 e. The van der Waals surface area contributed by atoms with Crippen LogP contribution in [0.2, 0.25) is 0 Å². The molecule has 5 nitrogen and oxygen atoms in total. The van der Waals surface area contributed by atoms with E-state index in [1.54, 1.807) is 10.6 Å². The molecule has 0 unspecified atom stereocenters. The van der Waals surface area contributed by atoms with Crippen molar-refractivity contribution in [2.75, 3.05) is 0 Å². The quantitative estimate of drug-likeness (QED) is 0.933. The Labute approximate surface area is 115 Å². The molecule has 0 aliphatic carbocycles. The minimum atomic E-state index is -0.232. The van der Waals surface area contributed by atoms with Gasteiger partial charge in [0.15, 0.2) is 5.16 Å². The van der Waals surface area contributed by atoms with E-state index in [0.717, 1.165) is 10.5 Å². The van der Waals surface area contributed by atoms with E-state index in [9.17, 15) is 4.79 Å². The fourth-order valence-corrected chi connectivity index (χ4v) is 2.90. The third-order valence-corrected chi connectivity index (χ3v) is 3.93. The molecule has 0 radical (unpaired) electrons. The molecule has 0 aliphatic heterocycles. The van der Waals surface area contributed by atoms with Crippen molar-refractivity contribution in [3.05, 3.63) is 39.8 Å². The highest BCUT2D eigenvalue weighted by Gasteiger charge is 2.15. The minimum Gasteiger partial charge on any atom is -0.267 e. The number of hydrogen-bond acceptors (Lipinski definition) is 4. The van der Waals surface area contributed by atoms with Crippen molar-refractivity contribution < 1.29 is 0 Å². The van der Waals surface area contributed by atoms with Crippen molar-refractivity contribution in [2.24, 2.45) is 0 Å². The number of hydrogen-bond donors (Lipinski definition) is 1. The lowest BCUT2D eigenvalue weighted by atomic mass is 10.1. The monoisotopic (exact) mass is 274 g/mol. The minimum absolute atomic E-state index is 0.0169. The molecule has 0 aliphatic rings. The molecule has 1 N–H and O–H groups in total. The van der Waals surface area contributed by atoms with E-state index < -0.39 is 0 Å². The Bertz CT molecular complexity index is 693. The lowest BCUT2D eigenvalue weighted by molar-refractivity contribution is 0.534. The van der Waals surface area contributed by atoms with Crippen LogP contribution in [0.25, 0.3) is 0 Å². The number of rotatable bonds is 3. The average Bonchev–Trinajstić information content (AvgIpc) is 2.73. The van der Waals surface area contributed by atoms with E-state index in [-0.39, 0.29) is 11.7 Å². The summed E-state index contributed by atoms with van der Waals surface area (Å²) in [5.41, 5.74) is 1.36. The first-order chi connectivity index (χ1) is 9.04. The first-order valence-electron chi connectivity index (χ1n) is 5.89. The summed E-state index contributed by atoms with van der Waals surface area (Å²) in [4.78, 5) is 12.5. The predicted molar refractivity (Wildman–Crippen MR) is 73.2 cm³/mol. The fraction of sp³-hybridized carbons (Fsp3) is 0.308. The summed E-state index contributed by atoms with van der Waals surface area (Å²) in [5, 5.41) is 16.2. The molecule has 1 heterocycles. The van der Waals surface area contributed by atoms with E-state index in [1.165, 1.54) is 11.8 Å². The summed E-state index contributed by atoms with van der Waals surface area (Å²) in [7, 11) is 0. The number of benzene rings is 1. The number of nitrogens with zero attached hydrogens (tertiary/aromatic N) is 3. The Morgan fingerprint density at radius 1 is 1.47 bits per heavy atom. The molecule has 2 rings (SSSR count). The highest BCUT2D eigenvalue weighted by molar-refractivity contribution is 7.99. The topological polar surface area (TPSA) is 74.5 Å². The lowest BCUT2D eigenvalue weighted by Gasteiger charge is -2.10. The third-order valence-electron chi connectivity index (χ3n) is 2.71. The normalized spacial score (nSPS) is 10.7. The van der Waals surface area contributed by atoms with E-state index >= 15 is 0 Å². The number of nitriles is 1. The molecular formula is C13H14N4OS. The number of aryl methyl sites for hydroxylation is 1. The molecular weight excluding hydrogens is 260 g/mol. The summed E-state index contributed by atoms with van der Waals surface area (Å²) in [6.07, 6.45) is 0. The van der Waals surface area contributed by atoms with Crippen LogP contribution < -0.4 is 5.69 Å². The maximum atomic E-state index is 11.7. The zero-order chi connectivity index (χ0) is 14.0. The summed E-state index contributed by atoms with van der Waals surface area (Å²) >= 11 is 1.34. The van der Waals surface area contributed by atoms with Crippen molar-refractivity contribution in [3.8, 4) is 6.07 Å². The second-order valence-electron chi connectivity index (χ2n) is 4.44. The second-order valence-corrected chi connectivity index (χ2v) is 5.42. The smallest absolute Gasteiger partial charge is 0.267 e. The van der Waals surface area contributed by atoms with Gasteiger partial charge in [0.1, 0.15) is 6.07 Å². The van der Waals surface area contributed by atoms with Crippen LogP contribution in [0, 0.1) is 18.3 Å². The molecule has 98 valence electrons. The Hall–Kier alpha value is -2.00. The Morgan fingerprint density at radius 3 is 2.84 bits per heavy atom.